The van der Waals surface area contributed by atoms with Gasteiger partial charge in [-0.2, -0.15) is 0 Å². The molecule has 2 rings (SSSR count). The number of sulfonamides is 1. The first kappa shape index (κ1) is 13.7. The van der Waals surface area contributed by atoms with Gasteiger partial charge in [-0.15, -0.1) is 10.2 Å². The van der Waals surface area contributed by atoms with Crippen molar-refractivity contribution in [1.29, 1.82) is 0 Å². The first-order valence-corrected chi connectivity index (χ1v) is 7.68. The molecule has 6 nitrogen and oxygen atoms in total. The van der Waals surface area contributed by atoms with Crippen LogP contribution in [0.25, 0.3) is 11.4 Å². The second-order valence-corrected chi connectivity index (χ2v) is 6.56. The van der Waals surface area contributed by atoms with Gasteiger partial charge in [0, 0.05) is 16.2 Å². The van der Waals surface area contributed by atoms with Gasteiger partial charge in [0.25, 0.3) is 15.2 Å². The van der Waals surface area contributed by atoms with Gasteiger partial charge in [0.1, 0.15) is 0 Å². The summed E-state index contributed by atoms with van der Waals surface area (Å²) >= 11 is 8.10. The van der Waals surface area contributed by atoms with Gasteiger partial charge in [-0.25, -0.2) is 13.6 Å². The van der Waals surface area contributed by atoms with Crippen LogP contribution < -0.4 is 5.14 Å². The van der Waals surface area contributed by atoms with Crippen LogP contribution >= 0.6 is 34.2 Å². The van der Waals surface area contributed by atoms with Crippen LogP contribution in [0.5, 0.6) is 0 Å². The summed E-state index contributed by atoms with van der Waals surface area (Å²) in [6.07, 6.45) is 0. The van der Waals surface area contributed by atoms with Crippen molar-refractivity contribution in [2.24, 2.45) is 12.2 Å². The van der Waals surface area contributed by atoms with Crippen molar-refractivity contribution in [3.63, 3.8) is 0 Å². The van der Waals surface area contributed by atoms with Crippen LogP contribution in [0.1, 0.15) is 0 Å². The number of nitrogens with zero attached hydrogens (tertiary/aromatic N) is 3. The second kappa shape index (κ2) is 4.76. The molecule has 1 aromatic heterocycles. The van der Waals surface area contributed by atoms with Gasteiger partial charge in [-0.05, 0) is 34.7 Å². The van der Waals surface area contributed by atoms with Crippen molar-refractivity contribution < 1.29 is 8.42 Å². The minimum absolute atomic E-state index is 0.285. The van der Waals surface area contributed by atoms with Gasteiger partial charge in [0.15, 0.2) is 5.82 Å². The van der Waals surface area contributed by atoms with Crippen LogP contribution in [0, 0.1) is 3.57 Å². The minimum atomic E-state index is -3.88. The van der Waals surface area contributed by atoms with Crippen LogP contribution in [0.3, 0.4) is 0 Å². The summed E-state index contributed by atoms with van der Waals surface area (Å²) in [5.41, 5.74) is 0.672. The Morgan fingerprint density at radius 3 is 2.56 bits per heavy atom. The quantitative estimate of drug-likeness (QED) is 0.774. The van der Waals surface area contributed by atoms with E-state index in [0.717, 1.165) is 3.57 Å². The number of primary sulfonamides is 1. The normalized spacial score (nSPS) is 11.8. The van der Waals surface area contributed by atoms with Crippen molar-refractivity contribution >= 4 is 44.2 Å². The molecule has 0 saturated heterocycles. The molecular weight excluding hydrogens is 391 g/mol. The molecule has 1 aromatic carbocycles. The Morgan fingerprint density at radius 1 is 1.39 bits per heavy atom. The zero-order valence-electron chi connectivity index (χ0n) is 9.13. The molecule has 96 valence electrons. The summed E-state index contributed by atoms with van der Waals surface area (Å²) < 4.78 is 24.7. The van der Waals surface area contributed by atoms with E-state index >= 15 is 0 Å². The number of benzene rings is 1. The van der Waals surface area contributed by atoms with E-state index in [1.54, 1.807) is 12.1 Å². The van der Waals surface area contributed by atoms with Crippen LogP contribution in [0.2, 0.25) is 5.02 Å². The molecule has 0 amide bonds. The maximum absolute atomic E-state index is 11.2. The topological polar surface area (TPSA) is 90.9 Å². The largest absolute Gasteiger partial charge is 0.300 e. The van der Waals surface area contributed by atoms with Gasteiger partial charge in [0.05, 0.1) is 5.02 Å². The molecule has 2 aromatic rings. The maximum atomic E-state index is 11.2. The molecule has 2 N–H and O–H groups in total. The lowest BCUT2D eigenvalue weighted by Crippen LogP contribution is -2.17. The zero-order chi connectivity index (χ0) is 13.5. The monoisotopic (exact) mass is 398 g/mol. The fraction of sp³-hybridized carbons (Fsp3) is 0.111. The summed E-state index contributed by atoms with van der Waals surface area (Å²) in [4.78, 5) is 0. The third-order valence-electron chi connectivity index (χ3n) is 2.27. The Balaban J connectivity index is 2.59. The van der Waals surface area contributed by atoms with E-state index in [-0.39, 0.29) is 5.16 Å². The van der Waals surface area contributed by atoms with Crippen LogP contribution in [-0.4, -0.2) is 23.2 Å². The fourth-order valence-electron chi connectivity index (χ4n) is 1.45. The van der Waals surface area contributed by atoms with Crippen molar-refractivity contribution in [1.82, 2.24) is 14.8 Å². The van der Waals surface area contributed by atoms with E-state index in [0.29, 0.717) is 16.4 Å². The number of nitrogens with two attached hydrogens (primary N) is 1. The van der Waals surface area contributed by atoms with Crippen molar-refractivity contribution in [2.75, 3.05) is 0 Å². The minimum Gasteiger partial charge on any atom is -0.300 e. The first-order chi connectivity index (χ1) is 8.30. The Labute approximate surface area is 122 Å². The molecule has 9 heteroatoms. The highest BCUT2D eigenvalue weighted by Gasteiger charge is 2.19. The molecule has 0 radical (unpaired) electrons. The number of hydrogen-bond donors (Lipinski definition) is 1. The summed E-state index contributed by atoms with van der Waals surface area (Å²) in [5, 5.41) is 12.7. The molecule has 1 heterocycles. The SMILES string of the molecule is Cn1c(-c2ccc(I)c(Cl)c2)nnc1S(N)(=O)=O. The molecule has 0 spiro atoms. The molecule has 0 saturated carbocycles. The highest BCUT2D eigenvalue weighted by molar-refractivity contribution is 14.1. The lowest BCUT2D eigenvalue weighted by atomic mass is 10.2. The Hall–Kier alpha value is -0.710. The molecular formula is C9H8ClIN4O2S. The fourth-order valence-corrected chi connectivity index (χ4v) is 2.59. The van der Waals surface area contributed by atoms with Crippen molar-refractivity contribution in [3.05, 3.63) is 26.8 Å². The standard InChI is InChI=1S/C9H8ClIN4O2S/c1-15-8(13-14-9(15)18(12,16)17)5-2-3-7(11)6(10)4-5/h2-4H,1H3,(H2,12,16,17). The second-order valence-electron chi connectivity index (χ2n) is 3.54. The van der Waals surface area contributed by atoms with Crippen LogP contribution in [0.15, 0.2) is 23.4 Å². The van der Waals surface area contributed by atoms with Gasteiger partial charge < -0.3 is 0 Å². The Morgan fingerprint density at radius 2 is 2.06 bits per heavy atom. The van der Waals surface area contributed by atoms with Crippen molar-refractivity contribution in [3.8, 4) is 11.4 Å². The van der Waals surface area contributed by atoms with Crippen molar-refractivity contribution in [2.45, 2.75) is 5.16 Å². The first-order valence-electron chi connectivity index (χ1n) is 4.68. The molecule has 0 unspecified atom stereocenters. The highest BCUT2D eigenvalue weighted by atomic mass is 127. The summed E-state index contributed by atoms with van der Waals surface area (Å²) in [6.45, 7) is 0. The van der Waals surface area contributed by atoms with Gasteiger partial charge in [-0.1, -0.05) is 17.7 Å². The molecule has 0 aliphatic carbocycles. The lowest BCUT2D eigenvalue weighted by molar-refractivity contribution is 0.580. The lowest BCUT2D eigenvalue weighted by Gasteiger charge is -2.04. The summed E-state index contributed by atoms with van der Waals surface area (Å²) in [5.74, 6) is 0.386. The Kier molecular flexibility index (Phi) is 3.63. The molecule has 18 heavy (non-hydrogen) atoms. The van der Waals surface area contributed by atoms with E-state index in [1.807, 2.05) is 6.07 Å². The highest BCUT2D eigenvalue weighted by Crippen LogP contribution is 2.25. The van der Waals surface area contributed by atoms with Crippen LogP contribution in [0.4, 0.5) is 0 Å². The van der Waals surface area contributed by atoms with Crippen LogP contribution in [-0.2, 0) is 17.1 Å². The molecule has 0 aliphatic heterocycles. The molecule has 0 bridgehead atoms. The zero-order valence-corrected chi connectivity index (χ0v) is 12.9. The third-order valence-corrected chi connectivity index (χ3v) is 4.70. The summed E-state index contributed by atoms with van der Waals surface area (Å²) in [6, 6.07) is 5.29. The number of halogens is 2. The number of aromatic nitrogens is 3. The van der Waals surface area contributed by atoms with E-state index < -0.39 is 10.0 Å². The average molecular weight is 399 g/mol. The van der Waals surface area contributed by atoms with E-state index in [1.165, 1.54) is 11.6 Å². The average Bonchev–Trinajstić information content (AvgIpc) is 2.64. The number of hydrogen-bond acceptors (Lipinski definition) is 4. The van der Waals surface area contributed by atoms with Gasteiger partial charge >= 0.3 is 0 Å². The van der Waals surface area contributed by atoms with Gasteiger partial charge in [-0.3, -0.25) is 4.57 Å². The van der Waals surface area contributed by atoms with E-state index in [2.05, 4.69) is 32.8 Å². The number of rotatable bonds is 2. The maximum Gasteiger partial charge on any atom is 0.273 e. The smallest absolute Gasteiger partial charge is 0.273 e. The Bertz CT molecular complexity index is 713. The van der Waals surface area contributed by atoms with E-state index in [4.69, 9.17) is 16.7 Å². The van der Waals surface area contributed by atoms with Gasteiger partial charge in [0.2, 0.25) is 0 Å². The molecule has 0 fully saturated rings. The van der Waals surface area contributed by atoms with E-state index in [9.17, 15) is 8.42 Å². The molecule has 0 atom stereocenters. The summed E-state index contributed by atoms with van der Waals surface area (Å²) in [7, 11) is -2.36. The molecule has 0 aliphatic rings. The predicted molar refractivity (Wildman–Crippen MR) is 75.5 cm³/mol. The third kappa shape index (κ3) is 2.51. The predicted octanol–water partition coefficient (Wildman–Crippen LogP) is 1.39.